The van der Waals surface area contributed by atoms with Crippen LogP contribution in [0.2, 0.25) is 0 Å². The molecular weight excluding hydrogens is 110 g/mol. The first-order valence-electron chi connectivity index (χ1n) is 1.92. The Morgan fingerprint density at radius 1 is 1.88 bits per heavy atom. The molecular formula is C3H7N3O2. The van der Waals surface area contributed by atoms with Crippen molar-refractivity contribution >= 4 is 11.6 Å². The summed E-state index contributed by atoms with van der Waals surface area (Å²) in [6, 6.07) is 0. The van der Waals surface area contributed by atoms with Gasteiger partial charge in [-0.25, -0.2) is 5.84 Å². The van der Waals surface area contributed by atoms with E-state index in [1.807, 2.05) is 0 Å². The molecule has 1 amide bonds. The van der Waals surface area contributed by atoms with E-state index in [1.54, 1.807) is 5.43 Å². The predicted octanol–water partition coefficient (Wildman–Crippen LogP) is -1.17. The zero-order valence-corrected chi connectivity index (χ0v) is 4.38. The van der Waals surface area contributed by atoms with Crippen LogP contribution in [-0.2, 0) is 4.79 Å². The third kappa shape index (κ3) is 1.57. The van der Waals surface area contributed by atoms with Gasteiger partial charge in [0.05, 0.1) is 0 Å². The topological polar surface area (TPSA) is 87.7 Å². The second-order valence-electron chi connectivity index (χ2n) is 1.16. The lowest BCUT2D eigenvalue weighted by Crippen LogP contribution is -2.34. The number of nitrogens with one attached hydrogen (secondary N) is 1. The van der Waals surface area contributed by atoms with Crippen molar-refractivity contribution in [3.05, 3.63) is 0 Å². The molecule has 0 unspecified atom stereocenters. The Balaban J connectivity index is 3.83. The van der Waals surface area contributed by atoms with Gasteiger partial charge in [0.25, 0.3) is 5.91 Å². The maximum atomic E-state index is 10.2. The Morgan fingerprint density at radius 2 is 2.38 bits per heavy atom. The van der Waals surface area contributed by atoms with Crippen molar-refractivity contribution < 1.29 is 10.0 Å². The summed E-state index contributed by atoms with van der Waals surface area (Å²) in [6.07, 6.45) is 0. The number of amides is 1. The molecule has 0 aromatic carbocycles. The highest BCUT2D eigenvalue weighted by molar-refractivity contribution is 6.37. The van der Waals surface area contributed by atoms with Gasteiger partial charge in [0.1, 0.15) is 5.71 Å². The maximum Gasteiger partial charge on any atom is 0.282 e. The van der Waals surface area contributed by atoms with Crippen molar-refractivity contribution in [1.29, 1.82) is 0 Å². The summed E-state index contributed by atoms with van der Waals surface area (Å²) >= 11 is 0. The van der Waals surface area contributed by atoms with E-state index >= 15 is 0 Å². The lowest BCUT2D eigenvalue weighted by Gasteiger charge is -1.91. The quantitative estimate of drug-likeness (QED) is 0.133. The molecule has 0 bridgehead atoms. The molecule has 5 nitrogen and oxygen atoms in total. The van der Waals surface area contributed by atoms with E-state index in [9.17, 15) is 4.79 Å². The SMILES string of the molecule is CC(=NO)C(=O)NN. The van der Waals surface area contributed by atoms with Crippen LogP contribution in [0.15, 0.2) is 5.16 Å². The number of rotatable bonds is 1. The lowest BCUT2D eigenvalue weighted by molar-refractivity contribution is -0.115. The summed E-state index contributed by atoms with van der Waals surface area (Å²) in [7, 11) is 0. The molecule has 4 N–H and O–H groups in total. The molecule has 0 radical (unpaired) electrons. The summed E-state index contributed by atoms with van der Waals surface area (Å²) in [5.74, 6) is 4.07. The summed E-state index contributed by atoms with van der Waals surface area (Å²) in [5.41, 5.74) is 1.72. The molecule has 0 saturated carbocycles. The first-order valence-corrected chi connectivity index (χ1v) is 1.92. The van der Waals surface area contributed by atoms with Crippen LogP contribution in [0.4, 0.5) is 0 Å². The molecule has 0 saturated heterocycles. The van der Waals surface area contributed by atoms with Crippen LogP contribution in [0.25, 0.3) is 0 Å². The van der Waals surface area contributed by atoms with Crippen molar-refractivity contribution in [2.24, 2.45) is 11.0 Å². The van der Waals surface area contributed by atoms with Gasteiger partial charge in [-0.3, -0.25) is 10.2 Å². The van der Waals surface area contributed by atoms with Gasteiger partial charge in [-0.2, -0.15) is 0 Å². The van der Waals surface area contributed by atoms with Gasteiger partial charge in [0, 0.05) is 0 Å². The highest BCUT2D eigenvalue weighted by Gasteiger charge is 2.00. The first-order chi connectivity index (χ1) is 3.72. The fourth-order valence-corrected chi connectivity index (χ4v) is 0.150. The zero-order valence-electron chi connectivity index (χ0n) is 4.38. The van der Waals surface area contributed by atoms with Crippen molar-refractivity contribution in [3.8, 4) is 0 Å². The number of nitrogens with zero attached hydrogens (tertiary/aromatic N) is 1. The Labute approximate surface area is 46.1 Å². The second-order valence-corrected chi connectivity index (χ2v) is 1.16. The minimum absolute atomic E-state index is 0.0625. The Morgan fingerprint density at radius 3 is 2.50 bits per heavy atom. The van der Waals surface area contributed by atoms with Crippen LogP contribution in [0.5, 0.6) is 0 Å². The zero-order chi connectivity index (χ0) is 6.57. The van der Waals surface area contributed by atoms with Gasteiger partial charge in [0.15, 0.2) is 0 Å². The van der Waals surface area contributed by atoms with Gasteiger partial charge < -0.3 is 5.21 Å². The molecule has 0 atom stereocenters. The molecule has 0 aromatic heterocycles. The smallest absolute Gasteiger partial charge is 0.282 e. The standard InChI is InChI=1S/C3H7N3O2/c1-2(6-8)3(7)5-4/h8H,4H2,1H3,(H,5,7). The van der Waals surface area contributed by atoms with Crippen molar-refractivity contribution in [2.75, 3.05) is 0 Å². The van der Waals surface area contributed by atoms with Crippen molar-refractivity contribution in [1.82, 2.24) is 5.43 Å². The molecule has 0 aromatic rings. The number of hydrogen-bond acceptors (Lipinski definition) is 4. The van der Waals surface area contributed by atoms with Crippen LogP contribution < -0.4 is 11.3 Å². The van der Waals surface area contributed by atoms with E-state index in [1.165, 1.54) is 6.92 Å². The fourth-order valence-electron chi connectivity index (χ4n) is 0.150. The monoisotopic (exact) mass is 117 g/mol. The molecule has 0 aliphatic heterocycles. The van der Waals surface area contributed by atoms with Crippen molar-refractivity contribution in [2.45, 2.75) is 6.92 Å². The molecule has 0 aliphatic rings. The van der Waals surface area contributed by atoms with Gasteiger partial charge in [-0.15, -0.1) is 0 Å². The molecule has 0 heterocycles. The Bertz CT molecular complexity index is 120. The van der Waals surface area contributed by atoms with E-state index in [2.05, 4.69) is 11.0 Å². The summed E-state index contributed by atoms with van der Waals surface area (Å²) in [4.78, 5) is 10.2. The van der Waals surface area contributed by atoms with Gasteiger partial charge in [-0.1, -0.05) is 5.16 Å². The summed E-state index contributed by atoms with van der Waals surface area (Å²) < 4.78 is 0. The molecule has 0 fully saturated rings. The van der Waals surface area contributed by atoms with E-state index < -0.39 is 5.91 Å². The Hall–Kier alpha value is -1.10. The molecule has 0 aliphatic carbocycles. The molecule has 8 heavy (non-hydrogen) atoms. The average Bonchev–Trinajstić information content (AvgIpc) is 1.84. The lowest BCUT2D eigenvalue weighted by atomic mass is 10.4. The van der Waals surface area contributed by atoms with Crippen molar-refractivity contribution in [3.63, 3.8) is 0 Å². The average molecular weight is 117 g/mol. The van der Waals surface area contributed by atoms with E-state index in [-0.39, 0.29) is 5.71 Å². The third-order valence-electron chi connectivity index (χ3n) is 0.610. The molecule has 46 valence electrons. The van der Waals surface area contributed by atoms with E-state index in [4.69, 9.17) is 5.21 Å². The van der Waals surface area contributed by atoms with Gasteiger partial charge >= 0.3 is 0 Å². The van der Waals surface area contributed by atoms with Crippen LogP contribution >= 0.6 is 0 Å². The van der Waals surface area contributed by atoms with Crippen LogP contribution in [0.3, 0.4) is 0 Å². The number of hydrazine groups is 1. The second kappa shape index (κ2) is 2.98. The van der Waals surface area contributed by atoms with Gasteiger partial charge in [-0.05, 0) is 6.92 Å². The summed E-state index contributed by atoms with van der Waals surface area (Å²) in [5, 5.41) is 10.5. The molecule has 5 heteroatoms. The van der Waals surface area contributed by atoms with Crippen LogP contribution in [-0.4, -0.2) is 16.8 Å². The van der Waals surface area contributed by atoms with Crippen LogP contribution in [0, 0.1) is 0 Å². The van der Waals surface area contributed by atoms with E-state index in [0.29, 0.717) is 0 Å². The normalized spacial score (nSPS) is 11.0. The largest absolute Gasteiger partial charge is 0.410 e. The molecule has 0 spiro atoms. The minimum atomic E-state index is -0.590. The highest BCUT2D eigenvalue weighted by Crippen LogP contribution is 1.70. The maximum absolute atomic E-state index is 10.2. The Kier molecular flexibility index (Phi) is 2.57. The first kappa shape index (κ1) is 6.90. The number of oxime groups is 1. The number of nitrogens with two attached hydrogens (primary N) is 1. The number of carbonyl (C=O) groups excluding carboxylic acids is 1. The van der Waals surface area contributed by atoms with Crippen LogP contribution in [0.1, 0.15) is 6.92 Å². The predicted molar refractivity (Wildman–Crippen MR) is 27.2 cm³/mol. The third-order valence-corrected chi connectivity index (χ3v) is 0.610. The van der Waals surface area contributed by atoms with Gasteiger partial charge in [0.2, 0.25) is 0 Å². The minimum Gasteiger partial charge on any atom is -0.410 e. The molecule has 0 rings (SSSR count). The summed E-state index contributed by atoms with van der Waals surface area (Å²) in [6.45, 7) is 1.34. The fraction of sp³-hybridized carbons (Fsp3) is 0.333. The number of hydrogen-bond donors (Lipinski definition) is 3. The number of carbonyl (C=O) groups is 1. The van der Waals surface area contributed by atoms with E-state index in [0.717, 1.165) is 0 Å². The highest BCUT2D eigenvalue weighted by atomic mass is 16.4.